The van der Waals surface area contributed by atoms with Crippen LogP contribution in [0.25, 0.3) is 0 Å². The zero-order chi connectivity index (χ0) is 13.0. The summed E-state index contributed by atoms with van der Waals surface area (Å²) in [7, 11) is 1.75. The van der Waals surface area contributed by atoms with Crippen LogP contribution in [0, 0.1) is 0 Å². The van der Waals surface area contributed by atoms with Gasteiger partial charge in [-0.3, -0.25) is 4.79 Å². The van der Waals surface area contributed by atoms with E-state index >= 15 is 0 Å². The van der Waals surface area contributed by atoms with Crippen molar-refractivity contribution in [3.63, 3.8) is 0 Å². The summed E-state index contributed by atoms with van der Waals surface area (Å²) < 4.78 is 0. The molecule has 5 heteroatoms. The third kappa shape index (κ3) is 2.99. The lowest BCUT2D eigenvalue weighted by atomic mass is 10.2. The van der Waals surface area contributed by atoms with Crippen LogP contribution in [0.2, 0.25) is 5.02 Å². The van der Waals surface area contributed by atoms with E-state index in [0.29, 0.717) is 22.1 Å². The fourth-order valence-electron chi connectivity index (χ4n) is 1.44. The van der Waals surface area contributed by atoms with E-state index in [4.69, 9.17) is 11.6 Å². The van der Waals surface area contributed by atoms with E-state index in [1.165, 1.54) is 0 Å². The summed E-state index contributed by atoms with van der Waals surface area (Å²) in [5, 5.41) is 6.30. The van der Waals surface area contributed by atoms with Crippen LogP contribution >= 0.6 is 11.6 Å². The van der Waals surface area contributed by atoms with Gasteiger partial charge in [0.05, 0.1) is 0 Å². The minimum atomic E-state index is -0.184. The molecule has 0 aliphatic carbocycles. The van der Waals surface area contributed by atoms with Gasteiger partial charge in [-0.2, -0.15) is 0 Å². The molecule has 0 bridgehead atoms. The average molecular weight is 262 g/mol. The number of anilines is 2. The Morgan fingerprint density at radius 3 is 2.61 bits per heavy atom. The summed E-state index contributed by atoms with van der Waals surface area (Å²) in [6, 6.07) is 10.3. The summed E-state index contributed by atoms with van der Waals surface area (Å²) in [5.74, 6) is 0.468. The van der Waals surface area contributed by atoms with Gasteiger partial charge in [0.15, 0.2) is 0 Å². The van der Waals surface area contributed by atoms with Crippen LogP contribution in [-0.4, -0.2) is 17.9 Å². The lowest BCUT2D eigenvalue weighted by Gasteiger charge is -2.06. The molecule has 92 valence electrons. The fourth-order valence-corrected chi connectivity index (χ4v) is 1.57. The lowest BCUT2D eigenvalue weighted by molar-refractivity contribution is 0.102. The molecular formula is C13H12ClN3O. The van der Waals surface area contributed by atoms with E-state index in [2.05, 4.69) is 15.6 Å². The summed E-state index contributed by atoms with van der Waals surface area (Å²) in [5.41, 5.74) is 1.25. The monoisotopic (exact) mass is 261 g/mol. The van der Waals surface area contributed by atoms with Gasteiger partial charge in [0, 0.05) is 29.5 Å². The Kier molecular flexibility index (Phi) is 3.79. The van der Waals surface area contributed by atoms with Crippen molar-refractivity contribution in [2.24, 2.45) is 0 Å². The molecular weight excluding hydrogens is 250 g/mol. The molecule has 18 heavy (non-hydrogen) atoms. The minimum absolute atomic E-state index is 0.184. The third-order valence-electron chi connectivity index (χ3n) is 2.38. The molecule has 0 atom stereocenters. The maximum atomic E-state index is 12.0. The van der Waals surface area contributed by atoms with Crippen molar-refractivity contribution in [3.8, 4) is 0 Å². The molecule has 0 saturated carbocycles. The molecule has 0 spiro atoms. The van der Waals surface area contributed by atoms with Gasteiger partial charge in [-0.05, 0) is 36.4 Å². The van der Waals surface area contributed by atoms with E-state index in [0.717, 1.165) is 0 Å². The molecule has 2 aromatic rings. The molecule has 1 aromatic heterocycles. The second kappa shape index (κ2) is 5.51. The van der Waals surface area contributed by atoms with Crippen LogP contribution in [-0.2, 0) is 0 Å². The zero-order valence-corrected chi connectivity index (χ0v) is 10.5. The van der Waals surface area contributed by atoms with Gasteiger partial charge in [-0.15, -0.1) is 0 Å². The molecule has 1 amide bonds. The Bertz CT molecular complexity index is 554. The standard InChI is InChI=1S/C13H12ClN3O/c1-15-12-8-9(6-7-16-12)13(18)17-11-4-2-10(14)3-5-11/h2-8H,1H3,(H,15,16)(H,17,18). The first-order valence-corrected chi connectivity index (χ1v) is 5.77. The Balaban J connectivity index is 2.14. The molecule has 0 aliphatic heterocycles. The highest BCUT2D eigenvalue weighted by Crippen LogP contribution is 2.15. The van der Waals surface area contributed by atoms with Crippen LogP contribution in [0.1, 0.15) is 10.4 Å². The first-order valence-electron chi connectivity index (χ1n) is 5.40. The van der Waals surface area contributed by atoms with Gasteiger partial charge < -0.3 is 10.6 Å². The molecule has 0 aliphatic rings. The van der Waals surface area contributed by atoms with Crippen molar-refractivity contribution in [1.29, 1.82) is 0 Å². The van der Waals surface area contributed by atoms with Crippen LogP contribution < -0.4 is 10.6 Å². The highest BCUT2D eigenvalue weighted by atomic mass is 35.5. The zero-order valence-electron chi connectivity index (χ0n) is 9.77. The number of pyridine rings is 1. The number of nitrogens with one attached hydrogen (secondary N) is 2. The number of hydrogen-bond acceptors (Lipinski definition) is 3. The second-order valence-electron chi connectivity index (χ2n) is 3.64. The smallest absolute Gasteiger partial charge is 0.255 e. The van der Waals surface area contributed by atoms with Gasteiger partial charge in [-0.1, -0.05) is 11.6 Å². The molecule has 0 radical (unpaired) electrons. The summed E-state index contributed by atoms with van der Waals surface area (Å²) >= 11 is 5.78. The van der Waals surface area contributed by atoms with Gasteiger partial charge in [0.25, 0.3) is 5.91 Å². The van der Waals surface area contributed by atoms with Crippen molar-refractivity contribution in [2.45, 2.75) is 0 Å². The van der Waals surface area contributed by atoms with Crippen LogP contribution in [0.5, 0.6) is 0 Å². The number of hydrogen-bond donors (Lipinski definition) is 2. The van der Waals surface area contributed by atoms with Crippen molar-refractivity contribution < 1.29 is 4.79 Å². The first-order chi connectivity index (χ1) is 8.69. The van der Waals surface area contributed by atoms with Gasteiger partial charge in [-0.25, -0.2) is 4.98 Å². The molecule has 2 N–H and O–H groups in total. The number of halogens is 1. The Morgan fingerprint density at radius 1 is 1.22 bits per heavy atom. The molecule has 0 unspecified atom stereocenters. The molecule has 1 aromatic carbocycles. The Hall–Kier alpha value is -2.07. The van der Waals surface area contributed by atoms with E-state index < -0.39 is 0 Å². The van der Waals surface area contributed by atoms with Crippen molar-refractivity contribution in [1.82, 2.24) is 4.98 Å². The van der Waals surface area contributed by atoms with E-state index in [9.17, 15) is 4.79 Å². The maximum absolute atomic E-state index is 12.0. The van der Waals surface area contributed by atoms with E-state index in [-0.39, 0.29) is 5.91 Å². The maximum Gasteiger partial charge on any atom is 0.255 e. The molecule has 2 rings (SSSR count). The quantitative estimate of drug-likeness (QED) is 0.893. The predicted molar refractivity (Wildman–Crippen MR) is 73.2 cm³/mol. The van der Waals surface area contributed by atoms with E-state index in [1.54, 1.807) is 49.6 Å². The van der Waals surface area contributed by atoms with Gasteiger partial charge in [0.2, 0.25) is 0 Å². The summed E-state index contributed by atoms with van der Waals surface area (Å²) in [6.07, 6.45) is 1.59. The predicted octanol–water partition coefficient (Wildman–Crippen LogP) is 3.03. The first kappa shape index (κ1) is 12.4. The van der Waals surface area contributed by atoms with E-state index in [1.807, 2.05) is 0 Å². The number of benzene rings is 1. The normalized spacial score (nSPS) is 9.89. The minimum Gasteiger partial charge on any atom is -0.373 e. The average Bonchev–Trinajstić information content (AvgIpc) is 2.41. The number of nitrogens with zero attached hydrogens (tertiary/aromatic N) is 1. The molecule has 0 saturated heterocycles. The molecule has 1 heterocycles. The largest absolute Gasteiger partial charge is 0.373 e. The van der Waals surface area contributed by atoms with Crippen molar-refractivity contribution in [2.75, 3.05) is 17.7 Å². The second-order valence-corrected chi connectivity index (χ2v) is 4.08. The summed E-state index contributed by atoms with van der Waals surface area (Å²) in [6.45, 7) is 0. The number of carbonyl (C=O) groups excluding carboxylic acids is 1. The Labute approximate surface area is 110 Å². The van der Waals surface area contributed by atoms with Crippen LogP contribution in [0.4, 0.5) is 11.5 Å². The molecule has 4 nitrogen and oxygen atoms in total. The fraction of sp³-hybridized carbons (Fsp3) is 0.0769. The number of amides is 1. The highest BCUT2D eigenvalue weighted by molar-refractivity contribution is 6.30. The highest BCUT2D eigenvalue weighted by Gasteiger charge is 2.06. The topological polar surface area (TPSA) is 54.0 Å². The van der Waals surface area contributed by atoms with Crippen LogP contribution in [0.3, 0.4) is 0 Å². The molecule has 0 fully saturated rings. The van der Waals surface area contributed by atoms with Gasteiger partial charge >= 0.3 is 0 Å². The Morgan fingerprint density at radius 2 is 1.94 bits per heavy atom. The van der Waals surface area contributed by atoms with Gasteiger partial charge in [0.1, 0.15) is 5.82 Å². The summed E-state index contributed by atoms with van der Waals surface area (Å²) in [4.78, 5) is 16.0. The van der Waals surface area contributed by atoms with Crippen LogP contribution in [0.15, 0.2) is 42.6 Å². The lowest BCUT2D eigenvalue weighted by Crippen LogP contribution is -2.12. The number of aromatic nitrogens is 1. The van der Waals surface area contributed by atoms with Crippen molar-refractivity contribution >= 4 is 29.0 Å². The van der Waals surface area contributed by atoms with Crippen molar-refractivity contribution in [3.05, 3.63) is 53.2 Å². The third-order valence-corrected chi connectivity index (χ3v) is 2.63. The SMILES string of the molecule is CNc1cc(C(=O)Nc2ccc(Cl)cc2)ccn1. The number of carbonyl (C=O) groups is 1. The number of rotatable bonds is 3.